The summed E-state index contributed by atoms with van der Waals surface area (Å²) in [5.41, 5.74) is 5.90. The van der Waals surface area contributed by atoms with Gasteiger partial charge >= 0.3 is 0 Å². The molecule has 0 aromatic heterocycles. The number of rotatable bonds is 10. The largest absolute Gasteiger partial charge is 0.378 e. The maximum atomic E-state index is 13.3. The van der Waals surface area contributed by atoms with Crippen molar-refractivity contribution < 1.29 is 14.4 Å². The Morgan fingerprint density at radius 3 is 2.14 bits per heavy atom. The van der Waals surface area contributed by atoms with E-state index >= 15 is 0 Å². The molecule has 0 bridgehead atoms. The zero-order valence-electron chi connectivity index (χ0n) is 24.1. The highest BCUT2D eigenvalue weighted by molar-refractivity contribution is 8.00. The van der Waals surface area contributed by atoms with Gasteiger partial charge in [-0.15, -0.1) is 11.8 Å². The first-order valence-electron chi connectivity index (χ1n) is 13.5. The second kappa shape index (κ2) is 14.2. The standard InChI is InChI=1S/C34H34N4O3S/c1-23-9-8-12-30(24(23)2)36-32(39)22-42-29-19-15-27(16-20-29)35-34(41)31(37-33(40)26-10-6-5-7-11-26)21-25-13-17-28(18-14-25)38(3)4/h5-21H,22H2,1-4H3,(H,35,41)(H,36,39)(H,37,40)/b31-21-. The van der Waals surface area contributed by atoms with Gasteiger partial charge in [0.2, 0.25) is 5.91 Å². The first-order valence-corrected chi connectivity index (χ1v) is 14.4. The second-order valence-electron chi connectivity index (χ2n) is 9.93. The number of thioether (sulfide) groups is 1. The van der Waals surface area contributed by atoms with E-state index in [-0.39, 0.29) is 23.3 Å². The maximum Gasteiger partial charge on any atom is 0.272 e. The van der Waals surface area contributed by atoms with E-state index in [4.69, 9.17) is 0 Å². The van der Waals surface area contributed by atoms with Crippen molar-refractivity contribution in [1.82, 2.24) is 5.32 Å². The predicted octanol–water partition coefficient (Wildman–Crippen LogP) is 6.51. The Bertz CT molecular complexity index is 1580. The minimum absolute atomic E-state index is 0.0892. The number of anilines is 3. The van der Waals surface area contributed by atoms with Crippen LogP contribution in [0.25, 0.3) is 6.08 Å². The van der Waals surface area contributed by atoms with Crippen LogP contribution in [-0.4, -0.2) is 37.6 Å². The summed E-state index contributed by atoms with van der Waals surface area (Å²) in [7, 11) is 3.91. The van der Waals surface area contributed by atoms with Crippen LogP contribution in [0.3, 0.4) is 0 Å². The van der Waals surface area contributed by atoms with Gasteiger partial charge in [0.1, 0.15) is 5.70 Å². The second-order valence-corrected chi connectivity index (χ2v) is 11.0. The number of benzene rings is 4. The number of carbonyl (C=O) groups excluding carboxylic acids is 3. The molecule has 0 saturated heterocycles. The summed E-state index contributed by atoms with van der Waals surface area (Å²) in [5.74, 6) is -0.671. The molecule has 4 aromatic carbocycles. The molecule has 4 rings (SSSR count). The Morgan fingerprint density at radius 1 is 0.786 bits per heavy atom. The summed E-state index contributed by atoms with van der Waals surface area (Å²) in [6, 6.07) is 29.5. The lowest BCUT2D eigenvalue weighted by Crippen LogP contribution is -2.30. The minimum Gasteiger partial charge on any atom is -0.378 e. The van der Waals surface area contributed by atoms with Gasteiger partial charge in [-0.25, -0.2) is 0 Å². The number of carbonyl (C=O) groups is 3. The summed E-state index contributed by atoms with van der Waals surface area (Å²) in [6.45, 7) is 4.00. The number of hydrogen-bond acceptors (Lipinski definition) is 5. The molecule has 8 heteroatoms. The highest BCUT2D eigenvalue weighted by Crippen LogP contribution is 2.23. The van der Waals surface area contributed by atoms with Gasteiger partial charge in [-0.3, -0.25) is 14.4 Å². The average Bonchev–Trinajstić information content (AvgIpc) is 2.99. The molecular weight excluding hydrogens is 544 g/mol. The van der Waals surface area contributed by atoms with Gasteiger partial charge in [0.15, 0.2) is 0 Å². The number of nitrogens with zero attached hydrogens (tertiary/aromatic N) is 1. The SMILES string of the molecule is Cc1cccc(NC(=O)CSc2ccc(NC(=O)/C(=C/c3ccc(N(C)C)cc3)NC(=O)c3ccccc3)cc2)c1C. The lowest BCUT2D eigenvalue weighted by atomic mass is 10.1. The zero-order chi connectivity index (χ0) is 30.1. The zero-order valence-corrected chi connectivity index (χ0v) is 24.9. The molecule has 4 aromatic rings. The van der Waals surface area contributed by atoms with Gasteiger partial charge < -0.3 is 20.9 Å². The molecule has 214 valence electrons. The molecule has 0 heterocycles. The van der Waals surface area contributed by atoms with Crippen molar-refractivity contribution in [1.29, 1.82) is 0 Å². The summed E-state index contributed by atoms with van der Waals surface area (Å²) in [4.78, 5) is 41.6. The van der Waals surface area contributed by atoms with E-state index in [0.717, 1.165) is 33.0 Å². The Hall–Kier alpha value is -4.82. The van der Waals surface area contributed by atoms with E-state index < -0.39 is 5.91 Å². The molecule has 0 atom stereocenters. The third-order valence-electron chi connectivity index (χ3n) is 6.61. The molecule has 0 aliphatic carbocycles. The fourth-order valence-electron chi connectivity index (χ4n) is 4.03. The summed E-state index contributed by atoms with van der Waals surface area (Å²) in [5, 5.41) is 8.60. The lowest BCUT2D eigenvalue weighted by molar-refractivity contribution is -0.114. The summed E-state index contributed by atoms with van der Waals surface area (Å²) < 4.78 is 0. The van der Waals surface area contributed by atoms with Gasteiger partial charge in [-0.05, 0) is 91.2 Å². The molecule has 3 amide bonds. The van der Waals surface area contributed by atoms with Crippen LogP contribution in [0, 0.1) is 13.8 Å². The Balaban J connectivity index is 1.42. The first kappa shape index (κ1) is 30.1. The Kier molecular flexibility index (Phi) is 10.2. The maximum absolute atomic E-state index is 13.3. The number of amides is 3. The summed E-state index contributed by atoms with van der Waals surface area (Å²) >= 11 is 1.41. The fourth-order valence-corrected chi connectivity index (χ4v) is 4.73. The van der Waals surface area contributed by atoms with Gasteiger partial charge in [0.05, 0.1) is 5.75 Å². The molecule has 0 saturated carbocycles. The van der Waals surface area contributed by atoms with Gasteiger partial charge in [-0.2, -0.15) is 0 Å². The van der Waals surface area contributed by atoms with Crippen molar-refractivity contribution >= 4 is 52.6 Å². The number of aryl methyl sites for hydroxylation is 1. The molecule has 3 N–H and O–H groups in total. The van der Waals surface area contributed by atoms with Crippen molar-refractivity contribution in [3.8, 4) is 0 Å². The molecule has 42 heavy (non-hydrogen) atoms. The predicted molar refractivity (Wildman–Crippen MR) is 173 cm³/mol. The van der Waals surface area contributed by atoms with Gasteiger partial charge in [0.25, 0.3) is 11.8 Å². The van der Waals surface area contributed by atoms with Crippen molar-refractivity contribution in [2.45, 2.75) is 18.7 Å². The number of nitrogens with one attached hydrogen (secondary N) is 3. The van der Waals surface area contributed by atoms with E-state index in [1.165, 1.54) is 11.8 Å². The van der Waals surface area contributed by atoms with E-state index in [2.05, 4.69) is 16.0 Å². The molecule has 0 fully saturated rings. The van der Waals surface area contributed by atoms with Crippen LogP contribution < -0.4 is 20.9 Å². The Morgan fingerprint density at radius 2 is 1.48 bits per heavy atom. The quantitative estimate of drug-likeness (QED) is 0.147. The summed E-state index contributed by atoms with van der Waals surface area (Å²) in [6.07, 6.45) is 1.65. The third-order valence-corrected chi connectivity index (χ3v) is 7.62. The highest BCUT2D eigenvalue weighted by atomic mass is 32.2. The van der Waals surface area contributed by atoms with Crippen molar-refractivity contribution in [2.75, 3.05) is 35.4 Å². The molecular formula is C34H34N4O3S. The van der Waals surface area contributed by atoms with Crippen LogP contribution in [0.5, 0.6) is 0 Å². The van der Waals surface area contributed by atoms with E-state index in [9.17, 15) is 14.4 Å². The molecule has 0 spiro atoms. The molecule has 7 nitrogen and oxygen atoms in total. The highest BCUT2D eigenvalue weighted by Gasteiger charge is 2.15. The molecule has 0 aliphatic heterocycles. The number of hydrogen-bond donors (Lipinski definition) is 3. The van der Waals surface area contributed by atoms with Crippen LogP contribution in [0.15, 0.2) is 108 Å². The monoisotopic (exact) mass is 578 g/mol. The smallest absolute Gasteiger partial charge is 0.272 e. The minimum atomic E-state index is -0.454. The third kappa shape index (κ3) is 8.34. The average molecular weight is 579 g/mol. The van der Waals surface area contributed by atoms with E-state index in [1.54, 1.807) is 42.5 Å². The van der Waals surface area contributed by atoms with Gasteiger partial charge in [0, 0.05) is 41.6 Å². The van der Waals surface area contributed by atoms with Crippen LogP contribution in [0.1, 0.15) is 27.0 Å². The van der Waals surface area contributed by atoms with Crippen LogP contribution >= 0.6 is 11.8 Å². The molecule has 0 aliphatic rings. The Labute approximate surface area is 251 Å². The van der Waals surface area contributed by atoms with Crippen molar-refractivity contribution in [2.24, 2.45) is 0 Å². The normalized spacial score (nSPS) is 11.0. The molecule has 0 unspecified atom stereocenters. The first-order chi connectivity index (χ1) is 20.2. The van der Waals surface area contributed by atoms with E-state index in [0.29, 0.717) is 11.3 Å². The van der Waals surface area contributed by atoms with Crippen LogP contribution in [0.4, 0.5) is 17.1 Å². The lowest BCUT2D eigenvalue weighted by Gasteiger charge is -2.13. The van der Waals surface area contributed by atoms with Crippen molar-refractivity contribution in [3.05, 3.63) is 125 Å². The topological polar surface area (TPSA) is 90.5 Å². The van der Waals surface area contributed by atoms with Crippen LogP contribution in [-0.2, 0) is 9.59 Å². The van der Waals surface area contributed by atoms with Crippen molar-refractivity contribution in [3.63, 3.8) is 0 Å². The fraction of sp³-hybridized carbons (Fsp3) is 0.147. The van der Waals surface area contributed by atoms with Gasteiger partial charge in [-0.1, -0.05) is 42.5 Å². The van der Waals surface area contributed by atoms with E-state index in [1.807, 2.05) is 93.5 Å². The van der Waals surface area contributed by atoms with Crippen LogP contribution in [0.2, 0.25) is 0 Å². The molecule has 0 radical (unpaired) electrons.